The molecule has 2 amide bonds. The Balaban J connectivity index is 1.70. The Labute approximate surface area is 198 Å². The maximum Gasteiger partial charge on any atom is 0.261 e. The summed E-state index contributed by atoms with van der Waals surface area (Å²) < 4.78 is 6.00. The van der Waals surface area contributed by atoms with Gasteiger partial charge in [0.15, 0.2) is 6.61 Å². The van der Waals surface area contributed by atoms with E-state index < -0.39 is 6.04 Å². The van der Waals surface area contributed by atoms with Crippen molar-refractivity contribution in [1.29, 1.82) is 0 Å². The maximum atomic E-state index is 13.3. The summed E-state index contributed by atoms with van der Waals surface area (Å²) in [5, 5.41) is 3.14. The Morgan fingerprint density at radius 1 is 1.03 bits per heavy atom. The highest BCUT2D eigenvalue weighted by Crippen LogP contribution is 2.31. The van der Waals surface area contributed by atoms with E-state index in [9.17, 15) is 9.59 Å². The second-order valence-electron chi connectivity index (χ2n) is 10.0. The molecule has 1 aliphatic rings. The Kier molecular flexibility index (Phi) is 8.54. The van der Waals surface area contributed by atoms with Gasteiger partial charge in [-0.25, -0.2) is 0 Å². The van der Waals surface area contributed by atoms with Crippen LogP contribution in [0.1, 0.15) is 64.5 Å². The summed E-state index contributed by atoms with van der Waals surface area (Å²) in [5.41, 5.74) is 2.10. The summed E-state index contributed by atoms with van der Waals surface area (Å²) in [4.78, 5) is 27.9. The molecule has 5 heteroatoms. The van der Waals surface area contributed by atoms with Gasteiger partial charge >= 0.3 is 0 Å². The van der Waals surface area contributed by atoms with Crippen molar-refractivity contribution in [3.63, 3.8) is 0 Å². The lowest BCUT2D eigenvalue weighted by atomic mass is 9.86. The zero-order valence-corrected chi connectivity index (χ0v) is 20.5. The average molecular weight is 451 g/mol. The lowest BCUT2D eigenvalue weighted by Crippen LogP contribution is -2.51. The van der Waals surface area contributed by atoms with Crippen molar-refractivity contribution < 1.29 is 14.3 Å². The third-order valence-corrected chi connectivity index (χ3v) is 6.40. The van der Waals surface area contributed by atoms with Gasteiger partial charge in [-0.05, 0) is 48.8 Å². The van der Waals surface area contributed by atoms with Gasteiger partial charge in [-0.15, -0.1) is 0 Å². The quantitative estimate of drug-likeness (QED) is 0.592. The molecule has 5 nitrogen and oxygen atoms in total. The molecule has 2 aromatic carbocycles. The highest BCUT2D eigenvalue weighted by molar-refractivity contribution is 5.88. The Morgan fingerprint density at radius 3 is 2.33 bits per heavy atom. The van der Waals surface area contributed by atoms with Crippen molar-refractivity contribution in [3.05, 3.63) is 65.7 Å². The molecule has 1 aliphatic carbocycles. The predicted octanol–water partition coefficient (Wildman–Crippen LogP) is 4.88. The maximum absolute atomic E-state index is 13.3. The molecule has 0 saturated heterocycles. The van der Waals surface area contributed by atoms with Crippen LogP contribution in [0.15, 0.2) is 54.6 Å². The normalized spacial score (nSPS) is 15.2. The van der Waals surface area contributed by atoms with E-state index in [1.807, 2.05) is 61.5 Å². The number of rotatable bonds is 9. The van der Waals surface area contributed by atoms with Gasteiger partial charge in [-0.1, -0.05) is 82.1 Å². The number of para-hydroxylation sites is 1. The fraction of sp³-hybridized carbons (Fsp3) is 0.500. The van der Waals surface area contributed by atoms with Gasteiger partial charge in [0.1, 0.15) is 11.8 Å². The standard InChI is InChI=1S/C28H38N2O3/c1-21(27(32)29-23-14-8-9-15-23)30(19-18-22-12-6-5-7-13-22)26(31)20-33-25-17-11-10-16-24(25)28(2,3)4/h5-7,10-13,16-17,21,23H,8-9,14-15,18-20H2,1-4H3,(H,29,32)/t21-/m1/s1. The molecule has 0 heterocycles. The van der Waals surface area contributed by atoms with Crippen molar-refractivity contribution in [2.75, 3.05) is 13.2 Å². The van der Waals surface area contributed by atoms with E-state index in [-0.39, 0.29) is 29.9 Å². The van der Waals surface area contributed by atoms with Crippen LogP contribution < -0.4 is 10.1 Å². The Bertz CT molecular complexity index is 914. The van der Waals surface area contributed by atoms with Crippen molar-refractivity contribution in [3.8, 4) is 5.75 Å². The second-order valence-corrected chi connectivity index (χ2v) is 10.0. The number of nitrogens with zero attached hydrogens (tertiary/aromatic N) is 1. The monoisotopic (exact) mass is 450 g/mol. The van der Waals surface area contributed by atoms with Gasteiger partial charge in [0.2, 0.25) is 5.91 Å². The molecule has 1 atom stereocenters. The van der Waals surface area contributed by atoms with Crippen LogP contribution in [0, 0.1) is 0 Å². The molecular formula is C28H38N2O3. The molecule has 33 heavy (non-hydrogen) atoms. The van der Waals surface area contributed by atoms with Crippen molar-refractivity contribution in [1.82, 2.24) is 10.2 Å². The van der Waals surface area contributed by atoms with Gasteiger partial charge < -0.3 is 15.0 Å². The first-order valence-corrected chi connectivity index (χ1v) is 12.1. The smallest absolute Gasteiger partial charge is 0.261 e. The van der Waals surface area contributed by atoms with Crippen molar-refractivity contribution in [2.24, 2.45) is 0 Å². The van der Waals surface area contributed by atoms with Crippen LogP contribution in [-0.4, -0.2) is 41.9 Å². The van der Waals surface area contributed by atoms with Gasteiger partial charge in [0.25, 0.3) is 5.91 Å². The predicted molar refractivity (Wildman–Crippen MR) is 132 cm³/mol. The molecule has 0 radical (unpaired) electrons. The van der Waals surface area contributed by atoms with Crippen molar-refractivity contribution in [2.45, 2.75) is 77.3 Å². The second kappa shape index (κ2) is 11.4. The van der Waals surface area contributed by atoms with E-state index in [1.54, 1.807) is 4.90 Å². The summed E-state index contributed by atoms with van der Waals surface area (Å²) >= 11 is 0. The first kappa shape index (κ1) is 24.8. The number of ether oxygens (including phenoxy) is 1. The molecule has 2 aromatic rings. The van der Waals surface area contributed by atoms with Gasteiger partial charge in [0, 0.05) is 12.6 Å². The van der Waals surface area contributed by atoms with Crippen molar-refractivity contribution >= 4 is 11.8 Å². The highest BCUT2D eigenvalue weighted by atomic mass is 16.5. The van der Waals surface area contributed by atoms with Crippen LogP contribution in [0.4, 0.5) is 0 Å². The molecule has 0 spiro atoms. The Hall–Kier alpha value is -2.82. The molecular weight excluding hydrogens is 412 g/mol. The van der Waals surface area contributed by atoms with E-state index in [0.717, 1.165) is 36.8 Å². The van der Waals surface area contributed by atoms with Crippen LogP contribution in [0.3, 0.4) is 0 Å². The van der Waals surface area contributed by atoms with Crippen LogP contribution in [0.5, 0.6) is 5.75 Å². The molecule has 0 unspecified atom stereocenters. The minimum Gasteiger partial charge on any atom is -0.483 e. The fourth-order valence-electron chi connectivity index (χ4n) is 4.40. The van der Waals surface area contributed by atoms with Gasteiger partial charge in [-0.2, -0.15) is 0 Å². The van der Waals surface area contributed by atoms with E-state index in [4.69, 9.17) is 4.74 Å². The number of hydrogen-bond donors (Lipinski definition) is 1. The molecule has 0 aromatic heterocycles. The summed E-state index contributed by atoms with van der Waals surface area (Å²) in [6, 6.07) is 17.5. The number of benzene rings is 2. The first-order chi connectivity index (χ1) is 15.8. The van der Waals surface area contributed by atoms with Crippen LogP contribution in [0.25, 0.3) is 0 Å². The van der Waals surface area contributed by atoms with Crippen LogP contribution >= 0.6 is 0 Å². The van der Waals surface area contributed by atoms with Gasteiger partial charge in [0.05, 0.1) is 0 Å². The molecule has 1 saturated carbocycles. The lowest BCUT2D eigenvalue weighted by molar-refractivity contribution is -0.141. The number of nitrogens with one attached hydrogen (secondary N) is 1. The fourth-order valence-corrected chi connectivity index (χ4v) is 4.40. The SMILES string of the molecule is C[C@H](C(=O)NC1CCCC1)N(CCc1ccccc1)C(=O)COc1ccccc1C(C)(C)C. The molecule has 0 bridgehead atoms. The minimum atomic E-state index is -0.553. The minimum absolute atomic E-state index is 0.0848. The number of hydrogen-bond acceptors (Lipinski definition) is 3. The van der Waals surface area contributed by atoms with E-state index in [2.05, 4.69) is 26.1 Å². The molecule has 3 rings (SSSR count). The molecule has 1 N–H and O–H groups in total. The summed E-state index contributed by atoms with van der Waals surface area (Å²) in [5.74, 6) is 0.450. The number of amides is 2. The highest BCUT2D eigenvalue weighted by Gasteiger charge is 2.29. The average Bonchev–Trinajstić information content (AvgIpc) is 3.31. The molecule has 1 fully saturated rings. The summed E-state index contributed by atoms with van der Waals surface area (Å²) in [6.45, 7) is 8.56. The summed E-state index contributed by atoms with van der Waals surface area (Å²) in [6.07, 6.45) is 5.02. The van der Waals surface area contributed by atoms with Gasteiger partial charge in [-0.3, -0.25) is 9.59 Å². The van der Waals surface area contributed by atoms with Crippen LogP contribution in [-0.2, 0) is 21.4 Å². The zero-order chi connectivity index (χ0) is 23.8. The topological polar surface area (TPSA) is 58.6 Å². The van der Waals surface area contributed by atoms with E-state index in [0.29, 0.717) is 18.7 Å². The third kappa shape index (κ3) is 7.08. The summed E-state index contributed by atoms with van der Waals surface area (Å²) in [7, 11) is 0. The zero-order valence-electron chi connectivity index (χ0n) is 20.5. The lowest BCUT2D eigenvalue weighted by Gasteiger charge is -2.30. The molecule has 178 valence electrons. The Morgan fingerprint density at radius 2 is 1.67 bits per heavy atom. The largest absolute Gasteiger partial charge is 0.483 e. The van der Waals surface area contributed by atoms with E-state index >= 15 is 0 Å². The van der Waals surface area contributed by atoms with Crippen LogP contribution in [0.2, 0.25) is 0 Å². The first-order valence-electron chi connectivity index (χ1n) is 12.1. The number of carbonyl (C=O) groups excluding carboxylic acids is 2. The molecule has 0 aliphatic heterocycles. The number of carbonyl (C=O) groups is 2. The third-order valence-electron chi connectivity index (χ3n) is 6.40. The van der Waals surface area contributed by atoms with E-state index in [1.165, 1.54) is 0 Å².